The molecule has 0 saturated carbocycles. The average Bonchev–Trinajstić information content (AvgIpc) is 2.86. The van der Waals surface area contributed by atoms with Crippen LogP contribution in [0.15, 0.2) is 60.7 Å². The molecular weight excluding hydrogens is 428 g/mol. The number of fused-ring (bicyclic) bond motifs is 1. The van der Waals surface area contributed by atoms with Gasteiger partial charge in [0.1, 0.15) is 5.69 Å². The molecule has 0 aliphatic rings. The molecule has 0 fully saturated rings. The Morgan fingerprint density at radius 3 is 1.74 bits per heavy atom. The second-order valence-corrected chi connectivity index (χ2v) is 8.19. The maximum atomic E-state index is 5.70. The zero-order valence-electron chi connectivity index (χ0n) is 20.8. The molecule has 1 heterocycles. The SMILES string of the molecule is COc1ccc(-c2c(-c3ccccc3)c3cc(OC)c(OC)cc3c(N(C)C)[n+]2C)cc1OC. The van der Waals surface area contributed by atoms with Crippen molar-refractivity contribution in [3.8, 4) is 45.4 Å². The van der Waals surface area contributed by atoms with Gasteiger partial charge < -0.3 is 18.9 Å². The molecule has 0 aliphatic carbocycles. The maximum Gasteiger partial charge on any atom is 0.284 e. The quantitative estimate of drug-likeness (QED) is 0.360. The lowest BCUT2D eigenvalue weighted by molar-refractivity contribution is -0.645. The largest absolute Gasteiger partial charge is 0.493 e. The number of pyridine rings is 1. The third-order valence-electron chi connectivity index (χ3n) is 6.07. The molecule has 0 unspecified atom stereocenters. The standard InChI is InChI=1S/C28H31N2O4/c1-29(2)28-21-17-25(34-7)24(33-6)16-20(21)26(18-11-9-8-10-12-18)27(30(28)3)19-13-14-22(31-4)23(15-19)32-5/h8-17H,1-7H3/q+1. The molecule has 6 nitrogen and oxygen atoms in total. The maximum absolute atomic E-state index is 5.70. The molecule has 0 amide bonds. The Bertz CT molecular complexity index is 1330. The predicted octanol–water partition coefficient (Wildman–Crippen LogP) is 5.10. The first kappa shape index (κ1) is 23.2. The minimum absolute atomic E-state index is 0.679. The zero-order valence-corrected chi connectivity index (χ0v) is 20.8. The van der Waals surface area contributed by atoms with Gasteiger partial charge in [-0.1, -0.05) is 30.3 Å². The summed E-state index contributed by atoms with van der Waals surface area (Å²) < 4.78 is 24.7. The predicted molar refractivity (Wildman–Crippen MR) is 137 cm³/mol. The molecule has 3 aromatic carbocycles. The molecule has 6 heteroatoms. The van der Waals surface area contributed by atoms with Crippen LogP contribution in [0, 0.1) is 0 Å². The summed E-state index contributed by atoms with van der Waals surface area (Å²) in [5, 5.41) is 2.13. The smallest absolute Gasteiger partial charge is 0.284 e. The van der Waals surface area contributed by atoms with Gasteiger partial charge in [-0.2, -0.15) is 0 Å². The van der Waals surface area contributed by atoms with Gasteiger partial charge in [0.25, 0.3) is 5.82 Å². The fourth-order valence-electron chi connectivity index (χ4n) is 4.61. The summed E-state index contributed by atoms with van der Waals surface area (Å²) in [6.45, 7) is 0. The van der Waals surface area contributed by atoms with Gasteiger partial charge in [-0.25, -0.2) is 4.57 Å². The van der Waals surface area contributed by atoms with Gasteiger partial charge in [0.05, 0.1) is 55.0 Å². The molecule has 4 rings (SSSR count). The third kappa shape index (κ3) is 3.85. The van der Waals surface area contributed by atoms with Gasteiger partial charge in [0, 0.05) is 22.6 Å². The van der Waals surface area contributed by atoms with Crippen molar-refractivity contribution in [1.29, 1.82) is 0 Å². The highest BCUT2D eigenvalue weighted by Gasteiger charge is 2.28. The van der Waals surface area contributed by atoms with Crippen molar-refractivity contribution < 1.29 is 23.5 Å². The van der Waals surface area contributed by atoms with Crippen LogP contribution in [0.5, 0.6) is 23.0 Å². The lowest BCUT2D eigenvalue weighted by Gasteiger charge is -2.21. The number of nitrogens with zero attached hydrogens (tertiary/aromatic N) is 2. The van der Waals surface area contributed by atoms with Crippen molar-refractivity contribution in [3.05, 3.63) is 60.7 Å². The Morgan fingerprint density at radius 1 is 0.618 bits per heavy atom. The first-order valence-corrected chi connectivity index (χ1v) is 11.0. The molecule has 0 N–H and O–H groups in total. The number of hydrogen-bond acceptors (Lipinski definition) is 5. The van der Waals surface area contributed by atoms with E-state index in [1.54, 1.807) is 28.4 Å². The number of methoxy groups -OCH3 is 4. The van der Waals surface area contributed by atoms with Crippen molar-refractivity contribution in [2.45, 2.75) is 0 Å². The minimum atomic E-state index is 0.679. The topological polar surface area (TPSA) is 44.0 Å². The Hall–Kier alpha value is -3.93. The lowest BCUT2D eigenvalue weighted by Crippen LogP contribution is -2.39. The van der Waals surface area contributed by atoms with E-state index in [9.17, 15) is 0 Å². The molecule has 34 heavy (non-hydrogen) atoms. The number of hydrogen-bond donors (Lipinski definition) is 0. The lowest BCUT2D eigenvalue weighted by atomic mass is 9.92. The summed E-state index contributed by atoms with van der Waals surface area (Å²) in [4.78, 5) is 2.12. The van der Waals surface area contributed by atoms with E-state index in [1.165, 1.54) is 0 Å². The number of ether oxygens (including phenoxy) is 4. The van der Waals surface area contributed by atoms with Crippen molar-refractivity contribution in [1.82, 2.24) is 0 Å². The fourth-order valence-corrected chi connectivity index (χ4v) is 4.61. The molecule has 0 radical (unpaired) electrons. The summed E-state index contributed by atoms with van der Waals surface area (Å²) in [5.74, 6) is 3.79. The number of benzene rings is 3. The van der Waals surface area contributed by atoms with Gasteiger partial charge >= 0.3 is 0 Å². The minimum Gasteiger partial charge on any atom is -0.493 e. The van der Waals surface area contributed by atoms with Crippen molar-refractivity contribution in [2.75, 3.05) is 47.4 Å². The Kier molecular flexibility index (Phi) is 6.50. The van der Waals surface area contributed by atoms with Gasteiger partial charge in [-0.3, -0.25) is 4.90 Å². The van der Waals surface area contributed by atoms with Crippen LogP contribution in [0.25, 0.3) is 33.2 Å². The van der Waals surface area contributed by atoms with Crippen LogP contribution >= 0.6 is 0 Å². The van der Waals surface area contributed by atoms with E-state index in [1.807, 2.05) is 38.4 Å². The fraction of sp³-hybridized carbons (Fsp3) is 0.250. The second-order valence-electron chi connectivity index (χ2n) is 8.19. The van der Waals surface area contributed by atoms with Crippen molar-refractivity contribution in [3.63, 3.8) is 0 Å². The van der Waals surface area contributed by atoms with Crippen LogP contribution in [0.3, 0.4) is 0 Å². The van der Waals surface area contributed by atoms with E-state index < -0.39 is 0 Å². The highest BCUT2D eigenvalue weighted by atomic mass is 16.5. The number of anilines is 1. The highest BCUT2D eigenvalue weighted by Crippen LogP contribution is 2.44. The van der Waals surface area contributed by atoms with Crippen LogP contribution in [0.1, 0.15) is 0 Å². The monoisotopic (exact) mass is 459 g/mol. The summed E-state index contributed by atoms with van der Waals surface area (Å²) >= 11 is 0. The molecule has 0 spiro atoms. The van der Waals surface area contributed by atoms with Crippen LogP contribution in [0.4, 0.5) is 5.82 Å². The first-order valence-electron chi connectivity index (χ1n) is 11.0. The van der Waals surface area contributed by atoms with E-state index in [2.05, 4.69) is 52.9 Å². The van der Waals surface area contributed by atoms with Crippen LogP contribution < -0.4 is 28.4 Å². The normalized spacial score (nSPS) is 10.8. The molecule has 4 aromatic rings. The van der Waals surface area contributed by atoms with Crippen molar-refractivity contribution in [2.24, 2.45) is 7.05 Å². The molecule has 0 aliphatic heterocycles. The summed E-state index contributed by atoms with van der Waals surface area (Å²) in [7, 11) is 12.8. The van der Waals surface area contributed by atoms with Gasteiger partial charge in [0.15, 0.2) is 23.0 Å². The van der Waals surface area contributed by atoms with Crippen LogP contribution in [-0.2, 0) is 7.05 Å². The molecule has 176 valence electrons. The second kappa shape index (κ2) is 9.51. The van der Waals surface area contributed by atoms with E-state index >= 15 is 0 Å². The Balaban J connectivity index is 2.22. The first-order chi connectivity index (χ1) is 16.4. The molecule has 0 bridgehead atoms. The third-order valence-corrected chi connectivity index (χ3v) is 6.07. The number of rotatable bonds is 7. The highest BCUT2D eigenvalue weighted by molar-refractivity contribution is 6.07. The zero-order chi connectivity index (χ0) is 24.4. The molecule has 1 aromatic heterocycles. The van der Waals surface area contributed by atoms with Crippen molar-refractivity contribution >= 4 is 16.6 Å². The molecular formula is C28H31N2O4+. The van der Waals surface area contributed by atoms with E-state index in [0.29, 0.717) is 23.0 Å². The Morgan fingerprint density at radius 2 is 1.18 bits per heavy atom. The summed E-state index contributed by atoms with van der Waals surface area (Å²) in [5.41, 5.74) is 4.26. The van der Waals surface area contributed by atoms with Crippen LogP contribution in [-0.4, -0.2) is 42.5 Å². The number of aromatic nitrogens is 1. The van der Waals surface area contributed by atoms with Gasteiger partial charge in [-0.15, -0.1) is 0 Å². The van der Waals surface area contributed by atoms with E-state index in [4.69, 9.17) is 18.9 Å². The summed E-state index contributed by atoms with van der Waals surface area (Å²) in [6.07, 6.45) is 0. The molecule has 0 atom stereocenters. The van der Waals surface area contributed by atoms with E-state index in [-0.39, 0.29) is 0 Å². The molecule has 0 saturated heterocycles. The van der Waals surface area contributed by atoms with E-state index in [0.717, 1.165) is 39.0 Å². The average molecular weight is 460 g/mol. The van der Waals surface area contributed by atoms with Crippen LogP contribution in [0.2, 0.25) is 0 Å². The van der Waals surface area contributed by atoms with Gasteiger partial charge in [-0.05, 0) is 29.8 Å². The summed E-state index contributed by atoms with van der Waals surface area (Å²) in [6, 6.07) is 20.5. The van der Waals surface area contributed by atoms with Gasteiger partial charge in [0.2, 0.25) is 0 Å². The Labute approximate surface area is 200 Å².